The molecule has 4 amide bonds. The second kappa shape index (κ2) is 13.4. The molecule has 242 valence electrons. The Hall–Kier alpha value is -5.53. The zero-order valence-corrected chi connectivity index (χ0v) is 26.6. The van der Waals surface area contributed by atoms with Gasteiger partial charge in [0.25, 0.3) is 11.8 Å². The molecule has 12 nitrogen and oxygen atoms in total. The summed E-state index contributed by atoms with van der Waals surface area (Å²) in [5, 5.41) is 5.18. The fraction of sp³-hybridized carbons (Fsp3) is 0.176. The summed E-state index contributed by atoms with van der Waals surface area (Å²) >= 11 is 0. The molecule has 0 fully saturated rings. The third kappa shape index (κ3) is 7.83. The highest BCUT2D eigenvalue weighted by molar-refractivity contribution is 7.89. The number of hydrogen-bond acceptors (Lipinski definition) is 8. The highest BCUT2D eigenvalue weighted by atomic mass is 32.2. The zero-order valence-electron chi connectivity index (χ0n) is 25.8. The van der Waals surface area contributed by atoms with Gasteiger partial charge in [0.1, 0.15) is 0 Å². The summed E-state index contributed by atoms with van der Waals surface area (Å²) in [6.07, 6.45) is 0.849. The average molecular weight is 655 g/mol. The number of nitrogens with two attached hydrogens (primary N) is 1. The van der Waals surface area contributed by atoms with Crippen LogP contribution in [0, 0.1) is 6.92 Å². The molecular weight excluding hydrogens is 620 g/mol. The van der Waals surface area contributed by atoms with E-state index in [9.17, 15) is 27.6 Å². The molecule has 5 rings (SSSR count). The molecule has 47 heavy (non-hydrogen) atoms. The zero-order chi connectivity index (χ0) is 33.8. The summed E-state index contributed by atoms with van der Waals surface area (Å²) in [4.78, 5) is 57.0. The van der Waals surface area contributed by atoms with Crippen LogP contribution in [0.4, 0.5) is 21.9 Å². The number of carbonyl (C=O) groups is 4. The smallest absolute Gasteiger partial charge is 0.321 e. The maximum atomic E-state index is 14.4. The number of para-hydroxylation sites is 2. The third-order valence-corrected chi connectivity index (χ3v) is 8.10. The van der Waals surface area contributed by atoms with Gasteiger partial charge in [0, 0.05) is 23.4 Å². The Morgan fingerprint density at radius 3 is 2.23 bits per heavy atom. The van der Waals surface area contributed by atoms with E-state index in [2.05, 4.69) is 10.6 Å². The van der Waals surface area contributed by atoms with Crippen molar-refractivity contribution in [3.8, 4) is 0 Å². The van der Waals surface area contributed by atoms with Gasteiger partial charge in [-0.2, -0.15) is 0 Å². The van der Waals surface area contributed by atoms with Crippen LogP contribution in [0.1, 0.15) is 31.8 Å². The van der Waals surface area contributed by atoms with Crippen LogP contribution >= 0.6 is 0 Å². The summed E-state index contributed by atoms with van der Waals surface area (Å²) in [5.74, 6) is -1.90. The minimum absolute atomic E-state index is 0.0217. The van der Waals surface area contributed by atoms with E-state index in [1.165, 1.54) is 29.2 Å². The molecule has 5 N–H and O–H groups in total. The molecule has 0 aromatic heterocycles. The first-order valence-corrected chi connectivity index (χ1v) is 16.5. The molecular formula is C34H34N6O6S. The van der Waals surface area contributed by atoms with Crippen molar-refractivity contribution in [1.82, 2.24) is 10.0 Å². The molecule has 0 bridgehead atoms. The lowest BCUT2D eigenvalue weighted by atomic mass is 10.0. The van der Waals surface area contributed by atoms with Crippen molar-refractivity contribution in [2.45, 2.75) is 19.1 Å². The van der Waals surface area contributed by atoms with Gasteiger partial charge in [0.2, 0.25) is 10.0 Å². The number of hydrogen-bond donors (Lipinski definition) is 4. The van der Waals surface area contributed by atoms with Crippen LogP contribution in [0.5, 0.6) is 0 Å². The number of rotatable bonds is 9. The SMILES string of the molecule is Cc1ccccc1C(=O)CN1C(=O)C(N)(NC(=O)Nc2cccc(C(=O)NS(C)(=O)=O)c2)CN(Cc2ccccc2)c2ccccc21. The van der Waals surface area contributed by atoms with E-state index in [0.29, 0.717) is 23.5 Å². The molecule has 0 saturated carbocycles. The molecule has 0 radical (unpaired) electrons. The molecule has 1 atom stereocenters. The van der Waals surface area contributed by atoms with Gasteiger partial charge in [0.05, 0.1) is 30.7 Å². The Kier molecular flexibility index (Phi) is 9.40. The highest BCUT2D eigenvalue weighted by Crippen LogP contribution is 2.35. The van der Waals surface area contributed by atoms with E-state index in [-0.39, 0.29) is 30.1 Å². The number of carbonyl (C=O) groups excluding carboxylic acids is 4. The van der Waals surface area contributed by atoms with Gasteiger partial charge in [-0.1, -0.05) is 72.8 Å². The second-order valence-electron chi connectivity index (χ2n) is 11.3. The Bertz CT molecular complexity index is 1950. The molecule has 4 aromatic carbocycles. The van der Waals surface area contributed by atoms with Gasteiger partial charge in [0.15, 0.2) is 11.4 Å². The van der Waals surface area contributed by atoms with E-state index in [4.69, 9.17) is 5.73 Å². The largest absolute Gasteiger partial charge is 0.361 e. The minimum atomic E-state index is -3.82. The Balaban J connectivity index is 1.48. The first kappa shape index (κ1) is 32.9. The highest BCUT2D eigenvalue weighted by Gasteiger charge is 2.45. The number of anilines is 3. The number of nitrogens with one attached hydrogen (secondary N) is 3. The maximum Gasteiger partial charge on any atom is 0.321 e. The van der Waals surface area contributed by atoms with Gasteiger partial charge in [-0.05, 0) is 48.4 Å². The van der Waals surface area contributed by atoms with Crippen LogP contribution < -0.4 is 30.9 Å². The maximum absolute atomic E-state index is 14.4. The molecule has 1 aliphatic heterocycles. The summed E-state index contributed by atoms with van der Waals surface area (Å²) in [6.45, 7) is 1.66. The number of aryl methyl sites for hydroxylation is 1. The molecule has 1 aliphatic rings. The topological polar surface area (TPSA) is 171 Å². The van der Waals surface area contributed by atoms with E-state index in [1.54, 1.807) is 24.3 Å². The van der Waals surface area contributed by atoms with Gasteiger partial charge in [-0.3, -0.25) is 25.0 Å². The second-order valence-corrected chi connectivity index (χ2v) is 13.0. The number of urea groups is 1. The van der Waals surface area contributed by atoms with Crippen molar-refractivity contribution in [3.63, 3.8) is 0 Å². The van der Waals surface area contributed by atoms with E-state index < -0.39 is 33.5 Å². The van der Waals surface area contributed by atoms with Crippen LogP contribution in [0.25, 0.3) is 0 Å². The van der Waals surface area contributed by atoms with E-state index in [0.717, 1.165) is 17.4 Å². The van der Waals surface area contributed by atoms with Crippen molar-refractivity contribution in [2.75, 3.05) is 34.5 Å². The van der Waals surface area contributed by atoms with Crippen molar-refractivity contribution in [1.29, 1.82) is 0 Å². The van der Waals surface area contributed by atoms with Gasteiger partial charge < -0.3 is 15.5 Å². The number of Topliss-reactive ketones (excluding diaryl/α,β-unsaturated/α-hetero) is 1. The number of ketones is 1. The minimum Gasteiger partial charge on any atom is -0.361 e. The molecule has 1 unspecified atom stereocenters. The molecule has 13 heteroatoms. The monoisotopic (exact) mass is 654 g/mol. The average Bonchev–Trinajstić information content (AvgIpc) is 3.10. The predicted molar refractivity (Wildman–Crippen MR) is 180 cm³/mol. The number of amides is 4. The quantitative estimate of drug-likeness (QED) is 0.157. The first-order chi connectivity index (χ1) is 22.3. The number of nitrogens with zero attached hydrogens (tertiary/aromatic N) is 2. The lowest BCUT2D eigenvalue weighted by Gasteiger charge is -2.34. The van der Waals surface area contributed by atoms with Crippen LogP contribution in [0.3, 0.4) is 0 Å². The van der Waals surface area contributed by atoms with E-state index >= 15 is 0 Å². The van der Waals surface area contributed by atoms with Crippen molar-refractivity contribution >= 4 is 50.7 Å². The van der Waals surface area contributed by atoms with Crippen molar-refractivity contribution in [2.24, 2.45) is 5.73 Å². The lowest BCUT2D eigenvalue weighted by molar-refractivity contribution is -0.123. The predicted octanol–water partition coefficient (Wildman–Crippen LogP) is 3.40. The van der Waals surface area contributed by atoms with Crippen LogP contribution in [-0.2, 0) is 21.4 Å². The summed E-state index contributed by atoms with van der Waals surface area (Å²) in [7, 11) is -3.82. The first-order valence-electron chi connectivity index (χ1n) is 14.6. The fourth-order valence-electron chi connectivity index (χ4n) is 5.40. The molecule has 0 aliphatic carbocycles. The van der Waals surface area contributed by atoms with Crippen molar-refractivity contribution in [3.05, 3.63) is 125 Å². The normalized spacial score (nSPS) is 16.1. The van der Waals surface area contributed by atoms with Crippen LogP contribution in [-0.4, -0.2) is 57.1 Å². The van der Waals surface area contributed by atoms with Crippen LogP contribution in [0.2, 0.25) is 0 Å². The Morgan fingerprint density at radius 1 is 0.872 bits per heavy atom. The molecule has 0 spiro atoms. The van der Waals surface area contributed by atoms with Crippen molar-refractivity contribution < 1.29 is 27.6 Å². The number of sulfonamides is 1. The number of benzene rings is 4. The summed E-state index contributed by atoms with van der Waals surface area (Å²) in [6, 6.07) is 28.5. The van der Waals surface area contributed by atoms with Gasteiger partial charge >= 0.3 is 6.03 Å². The molecule has 1 heterocycles. The molecule has 0 saturated heterocycles. The lowest BCUT2D eigenvalue weighted by Crippen LogP contribution is -2.70. The fourth-order valence-corrected chi connectivity index (χ4v) is 5.86. The Morgan fingerprint density at radius 2 is 1.53 bits per heavy atom. The van der Waals surface area contributed by atoms with Gasteiger partial charge in [-0.25, -0.2) is 17.9 Å². The third-order valence-electron chi connectivity index (χ3n) is 7.54. The summed E-state index contributed by atoms with van der Waals surface area (Å²) < 4.78 is 24.9. The summed E-state index contributed by atoms with van der Waals surface area (Å²) in [5.41, 5.74) is 8.13. The van der Waals surface area contributed by atoms with Gasteiger partial charge in [-0.15, -0.1) is 0 Å². The van der Waals surface area contributed by atoms with Crippen LogP contribution in [0.15, 0.2) is 103 Å². The Labute approximate surface area is 272 Å². The number of fused-ring (bicyclic) bond motifs is 1. The standard InChI is InChI=1S/C34H34N6O6S/c1-23-11-6-7-16-27(23)30(41)21-40-29-18-9-8-17-28(29)39(20-24-12-4-3-5-13-24)22-34(35,32(40)43)37-33(44)36-26-15-10-14-25(19-26)31(42)38-47(2,45)46/h3-19H,20-22,35H2,1-2H3,(H,38,42)(H2,36,37,44). The van der Waals surface area contributed by atoms with E-state index in [1.807, 2.05) is 71.1 Å². The molecule has 4 aromatic rings.